The molecule has 33 heavy (non-hydrogen) atoms. The number of pyridine rings is 2. The Kier molecular flexibility index (Phi) is 4.59. The molecule has 0 radical (unpaired) electrons. The molecular formula is C27H18N4OS. The van der Waals surface area contributed by atoms with Crippen LogP contribution < -0.4 is 5.43 Å². The largest absolute Gasteiger partial charge is 0.338 e. The van der Waals surface area contributed by atoms with Crippen LogP contribution in [0, 0.1) is 6.92 Å². The average Bonchev–Trinajstić information content (AvgIpc) is 3.29. The third-order valence-electron chi connectivity index (χ3n) is 5.59. The fraction of sp³-hybridized carbons (Fsp3) is 0.0370. The summed E-state index contributed by atoms with van der Waals surface area (Å²) in [5, 5.41) is 1.01. The van der Waals surface area contributed by atoms with Crippen molar-refractivity contribution in [3.05, 3.63) is 100 Å². The summed E-state index contributed by atoms with van der Waals surface area (Å²) in [7, 11) is 0. The van der Waals surface area contributed by atoms with Crippen LogP contribution in [-0.4, -0.2) is 19.9 Å². The number of hydrogen-bond donors (Lipinski definition) is 1. The molecule has 0 atom stereocenters. The molecule has 0 saturated heterocycles. The van der Waals surface area contributed by atoms with Gasteiger partial charge in [0.05, 0.1) is 21.8 Å². The fourth-order valence-electron chi connectivity index (χ4n) is 3.99. The first-order chi connectivity index (χ1) is 16.2. The monoisotopic (exact) mass is 446 g/mol. The van der Waals surface area contributed by atoms with Crippen molar-refractivity contribution in [2.75, 3.05) is 0 Å². The van der Waals surface area contributed by atoms with Gasteiger partial charge in [-0.15, -0.1) is 11.3 Å². The summed E-state index contributed by atoms with van der Waals surface area (Å²) in [5.41, 5.74) is 5.55. The standard InChI is InChI=1S/C27H18N4OS/c1-16-9-12-23(33-16)26-24(19-10-11-20-18(14-19)8-5-13-28-20)30-25-22(32)15-21(29-27(25)31-26)17-6-3-2-4-7-17/h2-15H,1H3,(H,29,31,32). The van der Waals surface area contributed by atoms with E-state index in [2.05, 4.69) is 35.1 Å². The molecule has 6 rings (SSSR count). The van der Waals surface area contributed by atoms with Gasteiger partial charge in [-0.1, -0.05) is 42.5 Å². The molecule has 1 N–H and O–H groups in total. The molecule has 0 bridgehead atoms. The van der Waals surface area contributed by atoms with Crippen LogP contribution >= 0.6 is 11.3 Å². The molecule has 158 valence electrons. The van der Waals surface area contributed by atoms with Crippen LogP contribution in [0.25, 0.3) is 55.2 Å². The Balaban J connectivity index is 1.63. The van der Waals surface area contributed by atoms with Gasteiger partial charge in [0, 0.05) is 28.1 Å². The lowest BCUT2D eigenvalue weighted by Gasteiger charge is -2.11. The minimum atomic E-state index is -0.160. The zero-order chi connectivity index (χ0) is 22.4. The van der Waals surface area contributed by atoms with Gasteiger partial charge in [0.1, 0.15) is 5.69 Å². The van der Waals surface area contributed by atoms with E-state index in [0.717, 1.165) is 38.3 Å². The second-order valence-corrected chi connectivity index (χ2v) is 9.14. The minimum absolute atomic E-state index is 0.160. The van der Waals surface area contributed by atoms with Crippen molar-refractivity contribution in [2.24, 2.45) is 0 Å². The van der Waals surface area contributed by atoms with Gasteiger partial charge in [-0.3, -0.25) is 9.78 Å². The number of benzene rings is 2. The number of thiophene rings is 1. The SMILES string of the molecule is Cc1ccc(-c2nc3[nH]c(-c4ccccc4)cc(=O)c3nc2-c2ccc3ncccc3c2)s1. The van der Waals surface area contributed by atoms with E-state index < -0.39 is 0 Å². The molecule has 4 aromatic heterocycles. The number of aromatic amines is 1. The van der Waals surface area contributed by atoms with Crippen molar-refractivity contribution in [1.82, 2.24) is 19.9 Å². The maximum atomic E-state index is 13.1. The Hall–Kier alpha value is -4.16. The van der Waals surface area contributed by atoms with Crippen molar-refractivity contribution < 1.29 is 0 Å². The highest BCUT2D eigenvalue weighted by molar-refractivity contribution is 7.15. The third-order valence-corrected chi connectivity index (χ3v) is 6.60. The van der Waals surface area contributed by atoms with E-state index in [1.54, 1.807) is 23.6 Å². The number of hydrogen-bond acceptors (Lipinski definition) is 5. The summed E-state index contributed by atoms with van der Waals surface area (Å²) in [4.78, 5) is 32.8. The Morgan fingerprint density at radius 3 is 2.52 bits per heavy atom. The Labute approximate surface area is 193 Å². The quantitative estimate of drug-likeness (QED) is 0.349. The van der Waals surface area contributed by atoms with Gasteiger partial charge >= 0.3 is 0 Å². The van der Waals surface area contributed by atoms with Gasteiger partial charge in [-0.2, -0.15) is 0 Å². The lowest BCUT2D eigenvalue weighted by molar-refractivity contribution is 1.22. The molecule has 0 aliphatic rings. The maximum absolute atomic E-state index is 13.1. The minimum Gasteiger partial charge on any atom is -0.338 e. The Morgan fingerprint density at radius 1 is 0.818 bits per heavy atom. The van der Waals surface area contributed by atoms with Gasteiger partial charge in [0.15, 0.2) is 11.2 Å². The summed E-state index contributed by atoms with van der Waals surface area (Å²) in [6.07, 6.45) is 1.78. The highest BCUT2D eigenvalue weighted by Gasteiger charge is 2.17. The van der Waals surface area contributed by atoms with Crippen LogP contribution in [0.2, 0.25) is 0 Å². The number of nitrogens with one attached hydrogen (secondary N) is 1. The van der Waals surface area contributed by atoms with Crippen molar-refractivity contribution in [3.63, 3.8) is 0 Å². The number of fused-ring (bicyclic) bond motifs is 2. The van der Waals surface area contributed by atoms with Gasteiger partial charge in [0.25, 0.3) is 0 Å². The fourth-order valence-corrected chi connectivity index (χ4v) is 4.85. The van der Waals surface area contributed by atoms with Crippen LogP contribution in [-0.2, 0) is 0 Å². The molecule has 5 nitrogen and oxygen atoms in total. The van der Waals surface area contributed by atoms with Crippen molar-refractivity contribution >= 4 is 33.4 Å². The molecule has 4 heterocycles. The molecular weight excluding hydrogens is 428 g/mol. The highest BCUT2D eigenvalue weighted by atomic mass is 32.1. The molecule has 0 fully saturated rings. The van der Waals surface area contributed by atoms with Crippen molar-refractivity contribution in [2.45, 2.75) is 6.92 Å². The van der Waals surface area contributed by atoms with E-state index in [9.17, 15) is 4.79 Å². The average molecular weight is 447 g/mol. The van der Waals surface area contributed by atoms with E-state index in [0.29, 0.717) is 16.9 Å². The first-order valence-electron chi connectivity index (χ1n) is 10.6. The molecule has 0 aliphatic heterocycles. The van der Waals surface area contributed by atoms with Gasteiger partial charge in [-0.25, -0.2) is 9.97 Å². The van der Waals surface area contributed by atoms with Crippen LogP contribution in [0.1, 0.15) is 4.88 Å². The molecule has 0 aliphatic carbocycles. The second-order valence-electron chi connectivity index (χ2n) is 7.85. The highest BCUT2D eigenvalue weighted by Crippen LogP contribution is 2.35. The van der Waals surface area contributed by atoms with Crippen LogP contribution in [0.5, 0.6) is 0 Å². The number of H-pyrrole nitrogens is 1. The zero-order valence-electron chi connectivity index (χ0n) is 17.7. The first kappa shape index (κ1) is 19.5. The topological polar surface area (TPSA) is 71.5 Å². The van der Waals surface area contributed by atoms with E-state index in [1.165, 1.54) is 4.88 Å². The number of aryl methyl sites for hydroxylation is 1. The zero-order valence-corrected chi connectivity index (χ0v) is 18.6. The number of rotatable bonds is 3. The first-order valence-corrected chi connectivity index (χ1v) is 11.4. The molecule has 0 saturated carbocycles. The van der Waals surface area contributed by atoms with E-state index in [4.69, 9.17) is 9.97 Å². The van der Waals surface area contributed by atoms with E-state index in [-0.39, 0.29) is 5.43 Å². The summed E-state index contributed by atoms with van der Waals surface area (Å²) in [6.45, 7) is 2.07. The second kappa shape index (κ2) is 7.76. The van der Waals surface area contributed by atoms with E-state index in [1.807, 2.05) is 54.6 Å². The van der Waals surface area contributed by atoms with E-state index >= 15 is 0 Å². The van der Waals surface area contributed by atoms with Gasteiger partial charge in [0.2, 0.25) is 5.43 Å². The number of nitrogens with zero attached hydrogens (tertiary/aromatic N) is 3. The van der Waals surface area contributed by atoms with Crippen molar-refractivity contribution in [1.29, 1.82) is 0 Å². The van der Waals surface area contributed by atoms with Gasteiger partial charge in [-0.05, 0) is 42.8 Å². The van der Waals surface area contributed by atoms with Crippen LogP contribution in [0.4, 0.5) is 0 Å². The maximum Gasteiger partial charge on any atom is 0.210 e. The lowest BCUT2D eigenvalue weighted by atomic mass is 10.1. The summed E-state index contributed by atoms with van der Waals surface area (Å²) in [6, 6.07) is 25.4. The molecule has 6 aromatic rings. The predicted molar refractivity (Wildman–Crippen MR) is 134 cm³/mol. The molecule has 6 heteroatoms. The predicted octanol–water partition coefficient (Wildman–Crippen LogP) is 6.24. The summed E-state index contributed by atoms with van der Waals surface area (Å²) in [5.74, 6) is 0. The van der Waals surface area contributed by atoms with Crippen molar-refractivity contribution in [3.8, 4) is 33.1 Å². The summed E-state index contributed by atoms with van der Waals surface area (Å²) >= 11 is 1.66. The molecule has 2 aromatic carbocycles. The number of aromatic nitrogens is 4. The Bertz CT molecular complexity index is 1700. The normalized spacial score (nSPS) is 11.3. The van der Waals surface area contributed by atoms with Crippen LogP contribution in [0.15, 0.2) is 89.9 Å². The third kappa shape index (κ3) is 3.50. The molecule has 0 amide bonds. The molecule has 0 unspecified atom stereocenters. The van der Waals surface area contributed by atoms with Gasteiger partial charge < -0.3 is 4.98 Å². The van der Waals surface area contributed by atoms with Crippen LogP contribution in [0.3, 0.4) is 0 Å². The summed E-state index contributed by atoms with van der Waals surface area (Å²) < 4.78 is 0. The Morgan fingerprint density at radius 2 is 1.70 bits per heavy atom. The molecule has 0 spiro atoms. The lowest BCUT2D eigenvalue weighted by Crippen LogP contribution is -2.08. The smallest absolute Gasteiger partial charge is 0.210 e.